The Morgan fingerprint density at radius 1 is 1.11 bits per heavy atom. The number of rotatable bonds is 4. The molecule has 0 aliphatic carbocycles. The first kappa shape index (κ1) is 19.1. The fourth-order valence-corrected chi connectivity index (χ4v) is 4.69. The van der Waals surface area contributed by atoms with Gasteiger partial charge < -0.3 is 4.90 Å². The number of nitrogens with zero attached hydrogens (tertiary/aromatic N) is 3. The van der Waals surface area contributed by atoms with Crippen LogP contribution < -0.4 is 0 Å². The molecule has 148 valence electrons. The van der Waals surface area contributed by atoms with Crippen LogP contribution in [0.3, 0.4) is 0 Å². The number of carbonyl (C=O) groups is 1. The van der Waals surface area contributed by atoms with Crippen LogP contribution in [0.2, 0.25) is 0 Å². The van der Waals surface area contributed by atoms with Crippen LogP contribution in [0.5, 0.6) is 0 Å². The van der Waals surface area contributed by atoms with Gasteiger partial charge in [0.2, 0.25) is 5.91 Å². The van der Waals surface area contributed by atoms with Crippen LogP contribution in [0.25, 0.3) is 0 Å². The number of halogens is 1. The Hall–Kier alpha value is -2.27. The standard InChI is InChI=1S/C23H28FN3O/c1-17(28)26-13-10-21(11-14-26)27-12-4-9-23(27)22-8-3-7-20(25-22)16-18-5-2-6-19(24)15-18/h2-3,5-8,15,21,23H,4,9-14,16H2,1H3/t23-/m1/s1. The van der Waals surface area contributed by atoms with E-state index in [0.717, 1.165) is 55.8 Å². The zero-order valence-electron chi connectivity index (χ0n) is 16.5. The minimum Gasteiger partial charge on any atom is -0.343 e. The Morgan fingerprint density at radius 2 is 1.89 bits per heavy atom. The van der Waals surface area contributed by atoms with Crippen LogP contribution in [0, 0.1) is 5.82 Å². The predicted octanol–water partition coefficient (Wildman–Crippen LogP) is 3.96. The monoisotopic (exact) mass is 381 g/mol. The molecule has 0 bridgehead atoms. The molecule has 1 atom stereocenters. The highest BCUT2D eigenvalue weighted by atomic mass is 19.1. The van der Waals surface area contributed by atoms with E-state index in [1.165, 1.54) is 12.5 Å². The average Bonchev–Trinajstić information content (AvgIpc) is 3.18. The zero-order chi connectivity index (χ0) is 19.5. The van der Waals surface area contributed by atoms with Gasteiger partial charge in [-0.15, -0.1) is 0 Å². The highest BCUT2D eigenvalue weighted by molar-refractivity contribution is 5.73. The fourth-order valence-electron chi connectivity index (χ4n) is 4.69. The number of carbonyl (C=O) groups excluding carboxylic acids is 1. The van der Waals surface area contributed by atoms with Gasteiger partial charge in [-0.1, -0.05) is 18.2 Å². The molecule has 2 fully saturated rings. The minimum atomic E-state index is -0.201. The molecule has 5 heteroatoms. The molecule has 4 nitrogen and oxygen atoms in total. The summed E-state index contributed by atoms with van der Waals surface area (Å²) in [6.07, 6.45) is 5.05. The average molecular weight is 381 g/mol. The first-order valence-corrected chi connectivity index (χ1v) is 10.3. The molecule has 1 aromatic carbocycles. The lowest BCUT2D eigenvalue weighted by atomic mass is 10.0. The highest BCUT2D eigenvalue weighted by Gasteiger charge is 2.34. The predicted molar refractivity (Wildman–Crippen MR) is 107 cm³/mol. The van der Waals surface area contributed by atoms with Crippen molar-refractivity contribution in [2.24, 2.45) is 0 Å². The molecule has 3 heterocycles. The van der Waals surface area contributed by atoms with Crippen molar-refractivity contribution in [2.75, 3.05) is 19.6 Å². The van der Waals surface area contributed by atoms with E-state index in [-0.39, 0.29) is 11.7 Å². The van der Waals surface area contributed by atoms with Crippen LogP contribution in [0.1, 0.15) is 55.6 Å². The maximum absolute atomic E-state index is 13.5. The second-order valence-electron chi connectivity index (χ2n) is 7.99. The van der Waals surface area contributed by atoms with Crippen molar-refractivity contribution in [3.63, 3.8) is 0 Å². The Bertz CT molecular complexity index is 832. The van der Waals surface area contributed by atoms with Crippen molar-refractivity contribution in [3.05, 3.63) is 65.2 Å². The molecule has 0 unspecified atom stereocenters. The summed E-state index contributed by atoms with van der Waals surface area (Å²) in [5, 5.41) is 0. The van der Waals surface area contributed by atoms with E-state index in [2.05, 4.69) is 17.0 Å². The third-order valence-electron chi connectivity index (χ3n) is 6.12. The normalized spacial score (nSPS) is 21.2. The van der Waals surface area contributed by atoms with E-state index >= 15 is 0 Å². The number of hydrogen-bond acceptors (Lipinski definition) is 3. The van der Waals surface area contributed by atoms with Crippen LogP contribution >= 0.6 is 0 Å². The van der Waals surface area contributed by atoms with Crippen molar-refractivity contribution in [1.29, 1.82) is 0 Å². The SMILES string of the molecule is CC(=O)N1CCC(N2CCC[C@@H]2c2cccc(Cc3cccc(F)c3)n2)CC1. The molecule has 4 rings (SSSR count). The summed E-state index contributed by atoms with van der Waals surface area (Å²) >= 11 is 0. The summed E-state index contributed by atoms with van der Waals surface area (Å²) in [6.45, 7) is 4.48. The highest BCUT2D eigenvalue weighted by Crippen LogP contribution is 2.35. The fraction of sp³-hybridized carbons (Fsp3) is 0.478. The van der Waals surface area contributed by atoms with Gasteiger partial charge in [0.15, 0.2) is 0 Å². The third-order valence-corrected chi connectivity index (χ3v) is 6.12. The first-order valence-electron chi connectivity index (χ1n) is 10.3. The number of aromatic nitrogens is 1. The van der Waals surface area contributed by atoms with Gasteiger partial charge in [0, 0.05) is 38.2 Å². The van der Waals surface area contributed by atoms with Gasteiger partial charge in [0.25, 0.3) is 0 Å². The molecular weight excluding hydrogens is 353 g/mol. The second-order valence-corrected chi connectivity index (χ2v) is 7.99. The third kappa shape index (κ3) is 4.25. The molecule has 2 aliphatic heterocycles. The van der Waals surface area contributed by atoms with Crippen LogP contribution in [-0.2, 0) is 11.2 Å². The summed E-state index contributed by atoms with van der Waals surface area (Å²) in [5.41, 5.74) is 3.06. The van der Waals surface area contributed by atoms with E-state index in [1.807, 2.05) is 17.0 Å². The topological polar surface area (TPSA) is 36.4 Å². The molecule has 1 aromatic heterocycles. The van der Waals surface area contributed by atoms with Gasteiger partial charge in [-0.3, -0.25) is 14.7 Å². The van der Waals surface area contributed by atoms with Gasteiger partial charge in [-0.05, 0) is 62.1 Å². The van der Waals surface area contributed by atoms with E-state index in [1.54, 1.807) is 19.1 Å². The Morgan fingerprint density at radius 3 is 2.64 bits per heavy atom. The molecule has 0 spiro atoms. The van der Waals surface area contributed by atoms with Gasteiger partial charge in [0.05, 0.1) is 11.7 Å². The van der Waals surface area contributed by atoms with Crippen molar-refractivity contribution >= 4 is 5.91 Å². The molecule has 2 aliphatic rings. The summed E-state index contributed by atoms with van der Waals surface area (Å²) < 4.78 is 13.5. The van der Waals surface area contributed by atoms with E-state index in [4.69, 9.17) is 4.98 Å². The Kier molecular flexibility index (Phi) is 5.72. The number of amides is 1. The van der Waals surface area contributed by atoms with Gasteiger partial charge >= 0.3 is 0 Å². The lowest BCUT2D eigenvalue weighted by Crippen LogP contribution is -2.46. The molecule has 0 N–H and O–H groups in total. The molecule has 0 radical (unpaired) electrons. The lowest BCUT2D eigenvalue weighted by molar-refractivity contribution is -0.130. The number of benzene rings is 1. The second kappa shape index (κ2) is 8.39. The van der Waals surface area contributed by atoms with Crippen molar-refractivity contribution < 1.29 is 9.18 Å². The maximum atomic E-state index is 13.5. The van der Waals surface area contributed by atoms with Crippen molar-refractivity contribution in [3.8, 4) is 0 Å². The minimum absolute atomic E-state index is 0.183. The first-order chi connectivity index (χ1) is 13.6. The van der Waals surface area contributed by atoms with Crippen molar-refractivity contribution in [1.82, 2.24) is 14.8 Å². The van der Waals surface area contributed by atoms with E-state index in [0.29, 0.717) is 18.5 Å². The number of pyridine rings is 1. The van der Waals surface area contributed by atoms with Gasteiger partial charge in [0.1, 0.15) is 5.82 Å². The molecular formula is C23H28FN3O. The largest absolute Gasteiger partial charge is 0.343 e. The molecule has 1 amide bonds. The summed E-state index contributed by atoms with van der Waals surface area (Å²) in [6, 6.07) is 13.9. The number of piperidine rings is 1. The molecule has 2 aromatic rings. The number of likely N-dealkylation sites (tertiary alicyclic amines) is 2. The Labute approximate surface area is 166 Å². The quantitative estimate of drug-likeness (QED) is 0.804. The smallest absolute Gasteiger partial charge is 0.219 e. The Balaban J connectivity index is 1.46. The lowest BCUT2D eigenvalue weighted by Gasteiger charge is -2.39. The van der Waals surface area contributed by atoms with E-state index in [9.17, 15) is 9.18 Å². The van der Waals surface area contributed by atoms with Crippen LogP contribution in [-0.4, -0.2) is 46.4 Å². The van der Waals surface area contributed by atoms with Crippen LogP contribution in [0.15, 0.2) is 42.5 Å². The van der Waals surface area contributed by atoms with E-state index < -0.39 is 0 Å². The maximum Gasteiger partial charge on any atom is 0.219 e. The van der Waals surface area contributed by atoms with Gasteiger partial charge in [-0.2, -0.15) is 0 Å². The zero-order valence-corrected chi connectivity index (χ0v) is 16.5. The number of hydrogen-bond donors (Lipinski definition) is 0. The summed E-state index contributed by atoms with van der Waals surface area (Å²) in [4.78, 5) is 21.1. The molecule has 2 saturated heterocycles. The van der Waals surface area contributed by atoms with Crippen molar-refractivity contribution in [2.45, 2.75) is 51.1 Å². The molecule has 28 heavy (non-hydrogen) atoms. The van der Waals surface area contributed by atoms with Crippen LogP contribution in [0.4, 0.5) is 4.39 Å². The van der Waals surface area contributed by atoms with Gasteiger partial charge in [-0.25, -0.2) is 4.39 Å². The summed E-state index contributed by atoms with van der Waals surface area (Å²) in [5.74, 6) is -0.0179. The summed E-state index contributed by atoms with van der Waals surface area (Å²) in [7, 11) is 0. The molecule has 0 saturated carbocycles.